The minimum atomic E-state index is -1.11. The molecule has 138 valence electrons. The summed E-state index contributed by atoms with van der Waals surface area (Å²) in [5.41, 5.74) is 6.79. The van der Waals surface area contributed by atoms with Crippen LogP contribution in [0.4, 0.5) is 0 Å². The van der Waals surface area contributed by atoms with Crippen molar-refractivity contribution >= 4 is 21.6 Å². The fourth-order valence-electron chi connectivity index (χ4n) is 4.28. The predicted octanol–water partition coefficient (Wildman–Crippen LogP) is 3.24. The lowest BCUT2D eigenvalue weighted by Crippen LogP contribution is -2.29. The molecule has 3 N–H and O–H groups in total. The first-order valence-corrected chi connectivity index (χ1v) is 10.2. The number of thiophene rings is 1. The van der Waals surface area contributed by atoms with Crippen molar-refractivity contribution in [3.05, 3.63) is 16.8 Å². The molecule has 2 aromatic heterocycles. The fourth-order valence-corrected chi connectivity index (χ4v) is 5.51. The molecule has 6 nitrogen and oxygen atoms in total. The molecule has 0 bridgehead atoms. The maximum absolute atomic E-state index is 9.66. The molecule has 0 saturated heterocycles. The molecule has 2 unspecified atom stereocenters. The molecule has 0 spiro atoms. The van der Waals surface area contributed by atoms with E-state index >= 15 is 0 Å². The van der Waals surface area contributed by atoms with Crippen molar-refractivity contribution < 1.29 is 9.84 Å². The second kappa shape index (κ2) is 7.47. The molecular weight excluding hydrogens is 348 g/mol. The van der Waals surface area contributed by atoms with Gasteiger partial charge >= 0.3 is 0 Å². The van der Waals surface area contributed by atoms with E-state index in [4.69, 9.17) is 10.5 Å². The summed E-state index contributed by atoms with van der Waals surface area (Å²) in [5, 5.41) is 20.0. The van der Waals surface area contributed by atoms with E-state index in [-0.39, 0.29) is 12.0 Å². The van der Waals surface area contributed by atoms with Crippen molar-refractivity contribution in [2.45, 2.75) is 69.6 Å². The summed E-state index contributed by atoms with van der Waals surface area (Å²) in [6.07, 6.45) is 9.08. The van der Waals surface area contributed by atoms with Gasteiger partial charge in [-0.05, 0) is 56.4 Å². The van der Waals surface area contributed by atoms with Gasteiger partial charge in [0, 0.05) is 4.88 Å². The van der Waals surface area contributed by atoms with E-state index in [1.165, 1.54) is 29.7 Å². The van der Waals surface area contributed by atoms with Gasteiger partial charge in [0.25, 0.3) is 0 Å². The van der Waals surface area contributed by atoms with Gasteiger partial charge in [-0.3, -0.25) is 0 Å². The lowest BCUT2D eigenvalue weighted by atomic mass is 9.89. The number of ether oxygens (including phenoxy) is 1. The van der Waals surface area contributed by atoms with Gasteiger partial charge in [-0.1, -0.05) is 6.42 Å². The Kier molecular flexibility index (Phi) is 5.07. The van der Waals surface area contributed by atoms with E-state index in [2.05, 4.69) is 16.0 Å². The van der Waals surface area contributed by atoms with Crippen LogP contribution in [0.1, 0.15) is 61.3 Å². The molecule has 26 heavy (non-hydrogen) atoms. The highest BCUT2D eigenvalue weighted by Crippen LogP contribution is 2.48. The summed E-state index contributed by atoms with van der Waals surface area (Å²) in [5.74, 6) is 0.322. The third kappa shape index (κ3) is 3.29. The summed E-state index contributed by atoms with van der Waals surface area (Å²) >= 11 is 1.70. The Balaban J connectivity index is 1.67. The third-order valence-corrected chi connectivity index (χ3v) is 6.82. The molecule has 0 aromatic carbocycles. The Morgan fingerprint density at radius 2 is 2.12 bits per heavy atom. The van der Waals surface area contributed by atoms with E-state index < -0.39 is 12.1 Å². The number of hydrogen-bond donors (Lipinski definition) is 2. The summed E-state index contributed by atoms with van der Waals surface area (Å²) in [7, 11) is 0. The highest BCUT2D eigenvalue weighted by Gasteiger charge is 2.33. The normalized spacial score (nSPS) is 22.7. The Bertz CT molecular complexity index is 823. The molecular formula is C19H24N4O2S. The van der Waals surface area contributed by atoms with Crippen LogP contribution in [0.15, 0.2) is 6.33 Å². The molecule has 1 fully saturated rings. The van der Waals surface area contributed by atoms with E-state index in [0.717, 1.165) is 35.9 Å². The topological polar surface area (TPSA) is 105 Å². The van der Waals surface area contributed by atoms with Crippen LogP contribution in [0.25, 0.3) is 10.2 Å². The van der Waals surface area contributed by atoms with Gasteiger partial charge in [-0.2, -0.15) is 5.26 Å². The number of rotatable bonds is 5. The minimum Gasteiger partial charge on any atom is -0.474 e. The first kappa shape index (κ1) is 17.7. The van der Waals surface area contributed by atoms with Crippen molar-refractivity contribution in [2.24, 2.45) is 11.7 Å². The molecule has 4 rings (SSSR count). The molecule has 7 heteroatoms. The summed E-state index contributed by atoms with van der Waals surface area (Å²) in [6, 6.07) is 2.15. The third-order valence-electron chi connectivity index (χ3n) is 5.64. The molecule has 3 atom stereocenters. The minimum absolute atomic E-state index is 0.196. The van der Waals surface area contributed by atoms with Crippen LogP contribution in [0.3, 0.4) is 0 Å². The highest BCUT2D eigenvalue weighted by atomic mass is 32.1. The zero-order valence-electron chi connectivity index (χ0n) is 14.7. The van der Waals surface area contributed by atoms with Gasteiger partial charge in [0.2, 0.25) is 5.88 Å². The van der Waals surface area contributed by atoms with Crippen LogP contribution in [-0.4, -0.2) is 27.4 Å². The number of hydrogen-bond acceptors (Lipinski definition) is 7. The van der Waals surface area contributed by atoms with Gasteiger partial charge in [-0.15, -0.1) is 11.3 Å². The van der Waals surface area contributed by atoms with E-state index in [9.17, 15) is 10.4 Å². The fraction of sp³-hybridized carbons (Fsp3) is 0.632. The van der Waals surface area contributed by atoms with E-state index in [1.54, 1.807) is 17.7 Å². The molecule has 0 radical (unpaired) electrons. The van der Waals surface area contributed by atoms with Crippen molar-refractivity contribution in [2.75, 3.05) is 0 Å². The van der Waals surface area contributed by atoms with Gasteiger partial charge in [-0.25, -0.2) is 9.97 Å². The predicted molar refractivity (Wildman–Crippen MR) is 99.9 cm³/mol. The van der Waals surface area contributed by atoms with E-state index in [0.29, 0.717) is 12.3 Å². The molecule has 0 aliphatic heterocycles. The molecule has 0 amide bonds. The number of nitrogens with two attached hydrogens (primary N) is 1. The Hall–Kier alpha value is -1.75. The summed E-state index contributed by atoms with van der Waals surface area (Å²) < 4.78 is 6.30. The average Bonchev–Trinajstić information content (AvgIpc) is 3.20. The lowest BCUT2D eigenvalue weighted by molar-refractivity contribution is 0.131. The number of aromatic nitrogens is 2. The summed E-state index contributed by atoms with van der Waals surface area (Å²) in [4.78, 5) is 11.2. The average molecular weight is 372 g/mol. The van der Waals surface area contributed by atoms with Gasteiger partial charge in [0.1, 0.15) is 23.5 Å². The molecule has 1 saturated carbocycles. The van der Waals surface area contributed by atoms with Gasteiger partial charge in [0.05, 0.1) is 17.4 Å². The largest absolute Gasteiger partial charge is 0.474 e. The van der Waals surface area contributed by atoms with E-state index in [1.807, 2.05) is 0 Å². The molecule has 2 heterocycles. The van der Waals surface area contributed by atoms with Crippen LogP contribution in [0.2, 0.25) is 0 Å². The van der Waals surface area contributed by atoms with Crippen LogP contribution in [-0.2, 0) is 6.42 Å². The van der Waals surface area contributed by atoms with Crippen molar-refractivity contribution in [3.63, 3.8) is 0 Å². The SMILES string of the molecule is N#CC(C[C@H]1CCc2sc3ncnc(OC4CCCCC4)c3c21)C(N)O. The first-order chi connectivity index (χ1) is 12.7. The lowest BCUT2D eigenvalue weighted by Gasteiger charge is -2.23. The number of aryl methyl sites for hydroxylation is 1. The zero-order valence-corrected chi connectivity index (χ0v) is 15.5. The van der Waals surface area contributed by atoms with Crippen molar-refractivity contribution in [1.82, 2.24) is 9.97 Å². The number of nitriles is 1. The van der Waals surface area contributed by atoms with Gasteiger partial charge < -0.3 is 15.6 Å². The molecule has 2 aromatic rings. The van der Waals surface area contributed by atoms with Crippen LogP contribution in [0, 0.1) is 17.2 Å². The monoisotopic (exact) mass is 372 g/mol. The second-order valence-corrected chi connectivity index (χ2v) is 8.46. The summed E-state index contributed by atoms with van der Waals surface area (Å²) in [6.45, 7) is 0. The molecule has 2 aliphatic rings. The number of aliphatic hydroxyl groups excluding tert-OH is 1. The van der Waals surface area contributed by atoms with Crippen LogP contribution >= 0.6 is 11.3 Å². The van der Waals surface area contributed by atoms with Crippen LogP contribution < -0.4 is 10.5 Å². The molecule has 2 aliphatic carbocycles. The standard InChI is InChI=1S/C19H24N4O2S/c20-9-12(17(21)24)8-11-6-7-14-15(11)16-18(22-10-23-19(16)26-14)25-13-4-2-1-3-5-13/h10-13,17,24H,1-8,21H2/t11-,12?,17?/m1/s1. The quantitative estimate of drug-likeness (QED) is 0.781. The number of nitrogens with zero attached hydrogens (tertiary/aromatic N) is 3. The Morgan fingerprint density at radius 3 is 2.85 bits per heavy atom. The maximum Gasteiger partial charge on any atom is 0.225 e. The Morgan fingerprint density at radius 1 is 1.31 bits per heavy atom. The number of fused-ring (bicyclic) bond motifs is 3. The van der Waals surface area contributed by atoms with Crippen molar-refractivity contribution in [1.29, 1.82) is 5.26 Å². The second-order valence-electron chi connectivity index (χ2n) is 7.37. The smallest absolute Gasteiger partial charge is 0.225 e. The van der Waals surface area contributed by atoms with Crippen LogP contribution in [0.5, 0.6) is 5.88 Å². The Labute approximate surface area is 157 Å². The zero-order chi connectivity index (χ0) is 18.1. The maximum atomic E-state index is 9.66. The van der Waals surface area contributed by atoms with Crippen molar-refractivity contribution in [3.8, 4) is 11.9 Å². The number of aliphatic hydroxyl groups is 1. The van der Waals surface area contributed by atoms with Gasteiger partial charge in [0.15, 0.2) is 0 Å². The first-order valence-electron chi connectivity index (χ1n) is 9.43. The highest BCUT2D eigenvalue weighted by molar-refractivity contribution is 7.19.